The van der Waals surface area contributed by atoms with E-state index in [0.29, 0.717) is 10.7 Å². The third kappa shape index (κ3) is 2.73. The average molecular weight is 405 g/mol. The molecule has 0 saturated heterocycles. The molecule has 5 nitrogen and oxygen atoms in total. The molecule has 144 valence electrons. The van der Waals surface area contributed by atoms with Crippen LogP contribution in [-0.2, 0) is 16.8 Å². The number of pyridine rings is 1. The van der Waals surface area contributed by atoms with Crippen molar-refractivity contribution < 1.29 is 14.7 Å². The van der Waals surface area contributed by atoms with Gasteiger partial charge in [0.25, 0.3) is 0 Å². The Morgan fingerprint density at radius 2 is 1.86 bits per heavy atom. The number of hydrogen-bond acceptors (Lipinski definition) is 3. The third-order valence-corrected chi connectivity index (χ3v) is 6.13. The van der Waals surface area contributed by atoms with Gasteiger partial charge in [-0.25, -0.2) is 9.78 Å². The molecule has 29 heavy (non-hydrogen) atoms. The van der Waals surface area contributed by atoms with Crippen LogP contribution in [0.25, 0.3) is 0 Å². The Labute approximate surface area is 172 Å². The molecular weight excluding hydrogens is 388 g/mol. The lowest BCUT2D eigenvalue weighted by atomic mass is 9.92. The average Bonchev–Trinajstić information content (AvgIpc) is 3.44. The molecule has 1 saturated carbocycles. The smallest absolute Gasteiger partial charge is 0.354 e. The fourth-order valence-corrected chi connectivity index (χ4v) is 4.58. The molecule has 5 rings (SSSR count). The van der Waals surface area contributed by atoms with E-state index < -0.39 is 11.4 Å². The van der Waals surface area contributed by atoms with Crippen molar-refractivity contribution in [2.75, 3.05) is 4.90 Å². The number of para-hydroxylation sites is 1. The lowest BCUT2D eigenvalue weighted by Crippen LogP contribution is -2.32. The maximum absolute atomic E-state index is 13.6. The Kier molecular flexibility index (Phi) is 3.96. The van der Waals surface area contributed by atoms with Crippen LogP contribution in [0.15, 0.2) is 66.7 Å². The highest BCUT2D eigenvalue weighted by molar-refractivity contribution is 6.30. The number of carboxylic acids is 1. The van der Waals surface area contributed by atoms with Crippen LogP contribution in [0.5, 0.6) is 0 Å². The number of carbonyl (C=O) groups is 2. The maximum Gasteiger partial charge on any atom is 0.354 e. The molecule has 1 N–H and O–H groups in total. The molecule has 2 atom stereocenters. The van der Waals surface area contributed by atoms with Crippen LogP contribution < -0.4 is 4.90 Å². The van der Waals surface area contributed by atoms with Gasteiger partial charge in [-0.05, 0) is 47.9 Å². The number of aromatic nitrogens is 1. The second-order valence-electron chi connectivity index (χ2n) is 7.51. The van der Waals surface area contributed by atoms with Crippen LogP contribution in [0.2, 0.25) is 5.02 Å². The largest absolute Gasteiger partial charge is 0.477 e. The number of halogens is 1. The molecule has 2 unspecified atom stereocenters. The number of anilines is 1. The van der Waals surface area contributed by atoms with Gasteiger partial charge in [-0.2, -0.15) is 0 Å². The highest BCUT2D eigenvalue weighted by Gasteiger charge is 2.67. The lowest BCUT2D eigenvalue weighted by molar-refractivity contribution is -0.120. The van der Waals surface area contributed by atoms with E-state index in [1.54, 1.807) is 17.0 Å². The van der Waals surface area contributed by atoms with Gasteiger partial charge in [0.15, 0.2) is 0 Å². The van der Waals surface area contributed by atoms with Crippen molar-refractivity contribution in [3.63, 3.8) is 0 Å². The van der Waals surface area contributed by atoms with Gasteiger partial charge in [-0.15, -0.1) is 0 Å². The highest BCUT2D eigenvalue weighted by Crippen LogP contribution is 2.66. The summed E-state index contributed by atoms with van der Waals surface area (Å²) in [6.07, 6.45) is 0.754. The molecule has 1 aliphatic carbocycles. The number of amides is 1. The summed E-state index contributed by atoms with van der Waals surface area (Å²) in [7, 11) is 0. The van der Waals surface area contributed by atoms with Crippen molar-refractivity contribution in [3.05, 3.63) is 94.3 Å². The van der Waals surface area contributed by atoms with Crippen molar-refractivity contribution >= 4 is 29.2 Å². The minimum atomic E-state index is -1.08. The first-order valence-corrected chi connectivity index (χ1v) is 9.74. The molecule has 1 aromatic heterocycles. The van der Waals surface area contributed by atoms with E-state index in [-0.39, 0.29) is 24.1 Å². The third-order valence-electron chi connectivity index (χ3n) is 5.88. The SMILES string of the molecule is O=C(O)c1cccc(CN2C(=O)C3(CC3c3ccc(Cl)cc3)c3ccccc32)n1. The van der Waals surface area contributed by atoms with E-state index in [1.807, 2.05) is 48.5 Å². The van der Waals surface area contributed by atoms with E-state index in [0.717, 1.165) is 23.2 Å². The van der Waals surface area contributed by atoms with E-state index in [9.17, 15) is 14.7 Å². The fourth-order valence-electron chi connectivity index (χ4n) is 4.45. The summed E-state index contributed by atoms with van der Waals surface area (Å²) in [4.78, 5) is 30.7. The number of fused-ring (bicyclic) bond motifs is 2. The summed E-state index contributed by atoms with van der Waals surface area (Å²) in [6, 6.07) is 20.4. The maximum atomic E-state index is 13.6. The number of hydrogen-bond donors (Lipinski definition) is 1. The molecule has 6 heteroatoms. The van der Waals surface area contributed by atoms with Gasteiger partial charge in [0.1, 0.15) is 5.69 Å². The fraction of sp³-hybridized carbons (Fsp3) is 0.174. The van der Waals surface area contributed by atoms with Crippen molar-refractivity contribution in [1.29, 1.82) is 0 Å². The predicted molar refractivity (Wildman–Crippen MR) is 109 cm³/mol. The topological polar surface area (TPSA) is 70.5 Å². The van der Waals surface area contributed by atoms with Crippen molar-refractivity contribution in [2.24, 2.45) is 0 Å². The zero-order valence-electron chi connectivity index (χ0n) is 15.4. The molecule has 0 bridgehead atoms. The summed E-state index contributed by atoms with van der Waals surface area (Å²) < 4.78 is 0. The molecular formula is C23H17ClN2O3. The quantitative estimate of drug-likeness (QED) is 0.699. The number of nitrogens with zero attached hydrogens (tertiary/aromatic N) is 2. The van der Waals surface area contributed by atoms with Gasteiger partial charge in [0.2, 0.25) is 5.91 Å². The van der Waals surface area contributed by atoms with Crippen LogP contribution >= 0.6 is 11.6 Å². The van der Waals surface area contributed by atoms with E-state index in [1.165, 1.54) is 6.07 Å². The van der Waals surface area contributed by atoms with Gasteiger partial charge in [-0.3, -0.25) is 4.79 Å². The summed E-state index contributed by atoms with van der Waals surface area (Å²) in [5.41, 5.74) is 2.96. The van der Waals surface area contributed by atoms with E-state index >= 15 is 0 Å². The van der Waals surface area contributed by atoms with Crippen LogP contribution in [-0.4, -0.2) is 22.0 Å². The summed E-state index contributed by atoms with van der Waals surface area (Å²) in [5.74, 6) is -0.931. The van der Waals surface area contributed by atoms with E-state index in [4.69, 9.17) is 11.6 Å². The van der Waals surface area contributed by atoms with Gasteiger partial charge < -0.3 is 10.0 Å². The normalized spacial score (nSPS) is 22.0. The summed E-state index contributed by atoms with van der Waals surface area (Å²) in [6.45, 7) is 0.242. The van der Waals surface area contributed by atoms with Gasteiger partial charge >= 0.3 is 5.97 Å². The summed E-state index contributed by atoms with van der Waals surface area (Å²) in [5, 5.41) is 9.87. The molecule has 1 spiro atoms. The van der Waals surface area contributed by atoms with E-state index in [2.05, 4.69) is 4.98 Å². The van der Waals surface area contributed by atoms with Gasteiger partial charge in [0.05, 0.1) is 17.7 Å². The highest BCUT2D eigenvalue weighted by atomic mass is 35.5. The standard InChI is InChI=1S/C23H17ClN2O3/c24-15-10-8-14(9-11-15)18-12-23(18)17-5-1-2-7-20(17)26(22(23)29)13-16-4-3-6-19(25-16)21(27)28/h1-11,18H,12-13H2,(H,27,28). The molecule has 1 aliphatic heterocycles. The first-order valence-electron chi connectivity index (χ1n) is 9.37. The Morgan fingerprint density at radius 3 is 2.62 bits per heavy atom. The second kappa shape index (κ2) is 6.42. The number of benzene rings is 2. The molecule has 2 aromatic carbocycles. The Hall–Kier alpha value is -3.18. The summed E-state index contributed by atoms with van der Waals surface area (Å²) >= 11 is 6.02. The zero-order valence-corrected chi connectivity index (χ0v) is 16.1. The zero-order chi connectivity index (χ0) is 20.2. The molecule has 2 aliphatic rings. The Balaban J connectivity index is 1.51. The van der Waals surface area contributed by atoms with Crippen molar-refractivity contribution in [3.8, 4) is 0 Å². The molecule has 3 aromatic rings. The minimum absolute atomic E-state index is 0.0254. The first kappa shape index (κ1) is 17.9. The number of carboxylic acid groups (broad SMARTS) is 1. The van der Waals surface area contributed by atoms with Crippen LogP contribution in [0.4, 0.5) is 5.69 Å². The Bertz CT molecular complexity index is 1140. The van der Waals surface area contributed by atoms with Gasteiger partial charge in [-0.1, -0.05) is 48.0 Å². The first-order chi connectivity index (χ1) is 14.0. The van der Waals surface area contributed by atoms with Crippen LogP contribution in [0.1, 0.15) is 39.6 Å². The minimum Gasteiger partial charge on any atom is -0.477 e. The molecule has 2 heterocycles. The second-order valence-corrected chi connectivity index (χ2v) is 7.94. The van der Waals surface area contributed by atoms with Crippen LogP contribution in [0.3, 0.4) is 0 Å². The molecule has 0 radical (unpaired) electrons. The van der Waals surface area contributed by atoms with Gasteiger partial charge in [0, 0.05) is 16.6 Å². The molecule has 1 fully saturated rings. The number of rotatable bonds is 4. The monoisotopic (exact) mass is 404 g/mol. The Morgan fingerprint density at radius 1 is 1.10 bits per heavy atom. The number of aromatic carboxylic acids is 1. The van der Waals surface area contributed by atoms with Crippen molar-refractivity contribution in [2.45, 2.75) is 24.3 Å². The number of carbonyl (C=O) groups excluding carboxylic acids is 1. The predicted octanol–water partition coefficient (Wildman–Crippen LogP) is 4.41. The van der Waals surface area contributed by atoms with Crippen LogP contribution in [0, 0.1) is 0 Å². The van der Waals surface area contributed by atoms with Crippen molar-refractivity contribution in [1.82, 2.24) is 4.98 Å². The molecule has 1 amide bonds. The lowest BCUT2D eigenvalue weighted by Gasteiger charge is -2.18.